The maximum absolute atomic E-state index is 11.9. The second kappa shape index (κ2) is 7.30. The second-order valence-electron chi connectivity index (χ2n) is 4.67. The lowest BCUT2D eigenvalue weighted by Gasteiger charge is -2.31. The van der Waals surface area contributed by atoms with Crippen LogP contribution in [0, 0.1) is 0 Å². The highest BCUT2D eigenvalue weighted by Crippen LogP contribution is 2.28. The highest BCUT2D eigenvalue weighted by Gasteiger charge is 2.45. The van der Waals surface area contributed by atoms with Crippen molar-refractivity contribution in [2.75, 3.05) is 40.0 Å². The van der Waals surface area contributed by atoms with E-state index < -0.39 is 11.5 Å². The topological polar surface area (TPSA) is 88.1 Å². The number of likely N-dealkylation sites (tertiary alicyclic amines) is 1. The predicted octanol–water partition coefficient (Wildman–Crippen LogP) is 0.298. The maximum Gasteiger partial charge on any atom is 0.329 e. The summed E-state index contributed by atoms with van der Waals surface area (Å²) in [6, 6.07) is -0.349. The Bertz CT molecular complexity index is 323. The fourth-order valence-electron chi connectivity index (χ4n) is 2.08. The van der Waals surface area contributed by atoms with E-state index >= 15 is 0 Å². The third-order valence-electron chi connectivity index (χ3n) is 3.30. The Labute approximate surface area is 112 Å². The quantitative estimate of drug-likeness (QED) is 0.652. The molecule has 7 heteroatoms. The smallest absolute Gasteiger partial charge is 0.329 e. The summed E-state index contributed by atoms with van der Waals surface area (Å²) in [5.41, 5.74) is -1.10. The predicted molar refractivity (Wildman–Crippen MR) is 68.1 cm³/mol. The number of urea groups is 1. The van der Waals surface area contributed by atoms with Crippen LogP contribution in [0.3, 0.4) is 0 Å². The minimum atomic E-state index is -1.10. The number of carboxylic acid groups (broad SMARTS) is 1. The minimum absolute atomic E-state index is 0.349. The molecule has 1 rings (SSSR count). The molecule has 7 nitrogen and oxygen atoms in total. The zero-order chi connectivity index (χ0) is 14.3. The van der Waals surface area contributed by atoms with Crippen molar-refractivity contribution in [2.24, 2.45) is 0 Å². The van der Waals surface area contributed by atoms with Crippen LogP contribution in [-0.2, 0) is 14.3 Å². The van der Waals surface area contributed by atoms with Gasteiger partial charge in [-0.05, 0) is 19.8 Å². The average molecular weight is 274 g/mol. The summed E-state index contributed by atoms with van der Waals surface area (Å²) in [5, 5.41) is 11.9. The molecule has 19 heavy (non-hydrogen) atoms. The van der Waals surface area contributed by atoms with Crippen LogP contribution in [0.2, 0.25) is 0 Å². The molecule has 1 unspecified atom stereocenters. The van der Waals surface area contributed by atoms with Gasteiger partial charge in [-0.25, -0.2) is 9.59 Å². The third-order valence-corrected chi connectivity index (χ3v) is 3.30. The molecule has 0 aliphatic carbocycles. The Morgan fingerprint density at radius 2 is 2.11 bits per heavy atom. The molecule has 0 bridgehead atoms. The van der Waals surface area contributed by atoms with E-state index in [0.29, 0.717) is 45.8 Å². The molecule has 0 aromatic carbocycles. The lowest BCUT2D eigenvalue weighted by atomic mass is 10.00. The van der Waals surface area contributed by atoms with E-state index in [1.54, 1.807) is 14.0 Å². The fourth-order valence-corrected chi connectivity index (χ4v) is 2.08. The Morgan fingerprint density at radius 3 is 2.74 bits per heavy atom. The summed E-state index contributed by atoms with van der Waals surface area (Å²) in [6.07, 6.45) is 1.20. The molecule has 0 saturated carbocycles. The Balaban J connectivity index is 2.31. The van der Waals surface area contributed by atoms with Crippen molar-refractivity contribution in [3.8, 4) is 0 Å². The lowest BCUT2D eigenvalue weighted by molar-refractivity contribution is -0.147. The largest absolute Gasteiger partial charge is 0.480 e. The number of rotatable bonds is 7. The monoisotopic (exact) mass is 274 g/mol. The normalized spacial score (nSPS) is 22.5. The number of hydrogen-bond donors (Lipinski definition) is 2. The van der Waals surface area contributed by atoms with E-state index in [9.17, 15) is 14.7 Å². The van der Waals surface area contributed by atoms with Gasteiger partial charge in [-0.3, -0.25) is 0 Å². The van der Waals surface area contributed by atoms with Crippen molar-refractivity contribution in [3.63, 3.8) is 0 Å². The van der Waals surface area contributed by atoms with E-state index in [-0.39, 0.29) is 6.03 Å². The molecule has 1 heterocycles. The van der Waals surface area contributed by atoms with Gasteiger partial charge in [0, 0.05) is 20.2 Å². The molecule has 1 saturated heterocycles. The second-order valence-corrected chi connectivity index (χ2v) is 4.67. The molecular weight excluding hydrogens is 252 g/mol. The van der Waals surface area contributed by atoms with Crippen LogP contribution in [-0.4, -0.2) is 67.6 Å². The molecule has 0 radical (unpaired) electrons. The summed E-state index contributed by atoms with van der Waals surface area (Å²) in [6.45, 7) is 3.78. The number of carbonyl (C=O) groups is 2. The molecule has 0 spiro atoms. The van der Waals surface area contributed by atoms with E-state index in [1.165, 1.54) is 4.90 Å². The van der Waals surface area contributed by atoms with Crippen molar-refractivity contribution >= 4 is 12.0 Å². The first-order valence-corrected chi connectivity index (χ1v) is 6.38. The number of aliphatic carboxylic acids is 1. The highest BCUT2D eigenvalue weighted by molar-refractivity contribution is 5.86. The molecule has 1 aliphatic rings. The number of methoxy groups -OCH3 is 1. The van der Waals surface area contributed by atoms with Crippen LogP contribution in [0.15, 0.2) is 0 Å². The first kappa shape index (κ1) is 15.7. The number of hydrogen-bond acceptors (Lipinski definition) is 4. The first-order valence-electron chi connectivity index (χ1n) is 6.38. The summed E-state index contributed by atoms with van der Waals surface area (Å²) in [7, 11) is 1.59. The van der Waals surface area contributed by atoms with E-state index in [2.05, 4.69) is 5.32 Å². The van der Waals surface area contributed by atoms with Gasteiger partial charge in [0.05, 0.1) is 19.8 Å². The zero-order valence-electron chi connectivity index (χ0n) is 11.5. The van der Waals surface area contributed by atoms with Gasteiger partial charge in [0.2, 0.25) is 0 Å². The van der Waals surface area contributed by atoms with Gasteiger partial charge in [-0.15, -0.1) is 0 Å². The molecule has 1 atom stereocenters. The van der Waals surface area contributed by atoms with E-state index in [0.717, 1.165) is 0 Å². The van der Waals surface area contributed by atoms with Crippen LogP contribution in [0.5, 0.6) is 0 Å². The maximum atomic E-state index is 11.9. The number of carbonyl (C=O) groups excluding carboxylic acids is 1. The summed E-state index contributed by atoms with van der Waals surface area (Å²) < 4.78 is 10.0. The van der Waals surface area contributed by atoms with Gasteiger partial charge in [0.1, 0.15) is 5.54 Å². The van der Waals surface area contributed by atoms with Crippen LogP contribution >= 0.6 is 0 Å². The minimum Gasteiger partial charge on any atom is -0.480 e. The summed E-state index contributed by atoms with van der Waals surface area (Å²) in [4.78, 5) is 24.5. The Hall–Kier alpha value is -1.34. The van der Waals surface area contributed by atoms with Crippen molar-refractivity contribution in [1.82, 2.24) is 10.2 Å². The van der Waals surface area contributed by atoms with Crippen molar-refractivity contribution in [3.05, 3.63) is 0 Å². The third kappa shape index (κ3) is 4.07. The molecule has 2 amide bonds. The van der Waals surface area contributed by atoms with Crippen LogP contribution in [0.4, 0.5) is 4.79 Å². The number of carboxylic acids is 1. The number of nitrogens with one attached hydrogen (secondary N) is 1. The fraction of sp³-hybridized carbons (Fsp3) is 0.833. The van der Waals surface area contributed by atoms with Crippen LogP contribution in [0.25, 0.3) is 0 Å². The van der Waals surface area contributed by atoms with Crippen LogP contribution in [0.1, 0.15) is 19.8 Å². The SMILES string of the molecule is COCCOCCNC(=O)N1CCCC1(C)C(=O)O. The lowest BCUT2D eigenvalue weighted by Crippen LogP contribution is -2.54. The van der Waals surface area contributed by atoms with Crippen molar-refractivity contribution < 1.29 is 24.2 Å². The van der Waals surface area contributed by atoms with E-state index in [4.69, 9.17) is 9.47 Å². The van der Waals surface area contributed by atoms with Gasteiger partial charge >= 0.3 is 12.0 Å². The van der Waals surface area contributed by atoms with Gasteiger partial charge in [0.25, 0.3) is 0 Å². The molecular formula is C12H22N2O5. The summed E-state index contributed by atoms with van der Waals surface area (Å²) >= 11 is 0. The standard InChI is InChI=1S/C12H22N2O5/c1-12(10(15)16)4-3-6-14(12)11(17)13-5-7-19-9-8-18-2/h3-9H2,1-2H3,(H,13,17)(H,15,16). The first-order chi connectivity index (χ1) is 9.02. The van der Waals surface area contributed by atoms with Gasteiger partial charge in [0.15, 0.2) is 0 Å². The van der Waals surface area contributed by atoms with Gasteiger partial charge in [-0.2, -0.15) is 0 Å². The Morgan fingerprint density at radius 1 is 1.37 bits per heavy atom. The summed E-state index contributed by atoms with van der Waals surface area (Å²) in [5.74, 6) is -0.962. The van der Waals surface area contributed by atoms with Crippen LogP contribution < -0.4 is 5.32 Å². The molecule has 1 aliphatic heterocycles. The van der Waals surface area contributed by atoms with Gasteiger partial charge in [-0.1, -0.05) is 0 Å². The molecule has 110 valence electrons. The van der Waals surface area contributed by atoms with Crippen molar-refractivity contribution in [1.29, 1.82) is 0 Å². The molecule has 1 fully saturated rings. The molecule has 2 N–H and O–H groups in total. The average Bonchev–Trinajstić information content (AvgIpc) is 2.77. The van der Waals surface area contributed by atoms with E-state index in [1.807, 2.05) is 0 Å². The number of amides is 2. The molecule has 0 aromatic rings. The zero-order valence-corrected chi connectivity index (χ0v) is 11.5. The number of ether oxygens (including phenoxy) is 2. The number of nitrogens with zero attached hydrogens (tertiary/aromatic N) is 1. The van der Waals surface area contributed by atoms with Crippen molar-refractivity contribution in [2.45, 2.75) is 25.3 Å². The Kier molecular flexibility index (Phi) is 6.04. The highest BCUT2D eigenvalue weighted by atomic mass is 16.5. The van der Waals surface area contributed by atoms with Gasteiger partial charge < -0.3 is 24.8 Å². The molecule has 0 aromatic heterocycles.